The molecule has 0 radical (unpaired) electrons. The molecule has 0 unspecified atom stereocenters. The van der Waals surface area contributed by atoms with Gasteiger partial charge in [-0.1, -0.05) is 19.3 Å². The van der Waals surface area contributed by atoms with E-state index in [1.807, 2.05) is 0 Å². The van der Waals surface area contributed by atoms with Crippen LogP contribution in [0.2, 0.25) is 0 Å². The summed E-state index contributed by atoms with van der Waals surface area (Å²) in [6, 6.07) is 0. The Bertz CT molecular complexity index is 271. The van der Waals surface area contributed by atoms with Gasteiger partial charge in [0.15, 0.2) is 0 Å². The summed E-state index contributed by atoms with van der Waals surface area (Å²) in [4.78, 5) is 11.6. The van der Waals surface area contributed by atoms with Gasteiger partial charge in [0, 0.05) is 25.1 Å². The molecule has 0 aromatic rings. The highest BCUT2D eigenvalue weighted by molar-refractivity contribution is 5.77. The minimum Gasteiger partial charge on any atom is -0.396 e. The second-order valence-corrected chi connectivity index (χ2v) is 6.07. The first-order valence-corrected chi connectivity index (χ1v) is 7.32. The summed E-state index contributed by atoms with van der Waals surface area (Å²) in [7, 11) is 0. The number of hydrogen-bond donors (Lipinski definition) is 3. The number of carbonyl (C=O) groups is 1. The summed E-state index contributed by atoms with van der Waals surface area (Å²) in [5.41, 5.74) is 0.0228. The lowest BCUT2D eigenvalue weighted by molar-refractivity contribution is -0.120. The van der Waals surface area contributed by atoms with E-state index in [9.17, 15) is 9.90 Å². The Morgan fingerprint density at radius 1 is 1.22 bits per heavy atom. The van der Waals surface area contributed by atoms with Crippen molar-refractivity contribution in [2.45, 2.75) is 44.9 Å². The van der Waals surface area contributed by atoms with Crippen LogP contribution in [-0.2, 0) is 4.79 Å². The molecule has 4 heteroatoms. The molecule has 0 saturated heterocycles. The normalized spacial score (nSPS) is 22.7. The lowest BCUT2D eigenvalue weighted by Gasteiger charge is -2.35. The lowest BCUT2D eigenvalue weighted by atomic mass is 9.74. The van der Waals surface area contributed by atoms with Crippen LogP contribution in [-0.4, -0.2) is 37.3 Å². The predicted octanol–water partition coefficient (Wildman–Crippen LogP) is 1.04. The third kappa shape index (κ3) is 4.25. The molecule has 2 fully saturated rings. The van der Waals surface area contributed by atoms with Crippen molar-refractivity contribution in [3.05, 3.63) is 0 Å². The Morgan fingerprint density at radius 2 is 1.94 bits per heavy atom. The average molecular weight is 254 g/mol. The van der Waals surface area contributed by atoms with Gasteiger partial charge in [0.2, 0.25) is 5.91 Å². The fraction of sp³-hybridized carbons (Fsp3) is 0.929. The van der Waals surface area contributed by atoms with Crippen molar-refractivity contribution in [2.24, 2.45) is 11.3 Å². The van der Waals surface area contributed by atoms with Gasteiger partial charge in [-0.05, 0) is 31.6 Å². The van der Waals surface area contributed by atoms with E-state index < -0.39 is 0 Å². The van der Waals surface area contributed by atoms with Crippen LogP contribution in [0.25, 0.3) is 0 Å². The Labute approximate surface area is 110 Å². The van der Waals surface area contributed by atoms with Crippen molar-refractivity contribution in [3.63, 3.8) is 0 Å². The molecule has 18 heavy (non-hydrogen) atoms. The highest BCUT2D eigenvalue weighted by Crippen LogP contribution is 2.35. The first kappa shape index (κ1) is 13.8. The van der Waals surface area contributed by atoms with E-state index in [1.54, 1.807) is 0 Å². The molecular formula is C14H26N2O2. The van der Waals surface area contributed by atoms with Crippen LogP contribution in [0.3, 0.4) is 0 Å². The molecule has 104 valence electrons. The van der Waals surface area contributed by atoms with Crippen molar-refractivity contribution in [1.82, 2.24) is 10.6 Å². The number of nitrogens with one attached hydrogen (secondary N) is 2. The number of aliphatic hydroxyl groups excluding tert-OH is 1. The van der Waals surface area contributed by atoms with Crippen LogP contribution in [0.5, 0.6) is 0 Å². The fourth-order valence-electron chi connectivity index (χ4n) is 2.78. The van der Waals surface area contributed by atoms with Crippen molar-refractivity contribution >= 4 is 5.91 Å². The molecule has 0 spiro atoms. The fourth-order valence-corrected chi connectivity index (χ4v) is 2.78. The summed E-state index contributed by atoms with van der Waals surface area (Å²) in [6.45, 7) is 2.23. The van der Waals surface area contributed by atoms with Crippen LogP contribution in [0.4, 0.5) is 0 Å². The molecule has 4 nitrogen and oxygen atoms in total. The van der Waals surface area contributed by atoms with Gasteiger partial charge in [-0.25, -0.2) is 0 Å². The summed E-state index contributed by atoms with van der Waals surface area (Å²) in [5.74, 6) is 0.821. The predicted molar refractivity (Wildman–Crippen MR) is 71.2 cm³/mol. The quantitative estimate of drug-likeness (QED) is 0.636. The van der Waals surface area contributed by atoms with E-state index in [4.69, 9.17) is 0 Å². The summed E-state index contributed by atoms with van der Waals surface area (Å²) < 4.78 is 0. The maximum atomic E-state index is 11.6. The third-order valence-corrected chi connectivity index (χ3v) is 4.32. The topological polar surface area (TPSA) is 61.4 Å². The zero-order valence-electron chi connectivity index (χ0n) is 11.2. The van der Waals surface area contributed by atoms with Crippen molar-refractivity contribution in [1.29, 1.82) is 0 Å². The van der Waals surface area contributed by atoms with Gasteiger partial charge in [-0.2, -0.15) is 0 Å². The largest absolute Gasteiger partial charge is 0.396 e. The van der Waals surface area contributed by atoms with Gasteiger partial charge in [0.25, 0.3) is 0 Å². The van der Waals surface area contributed by atoms with Crippen molar-refractivity contribution in [2.75, 3.05) is 26.2 Å². The highest BCUT2D eigenvalue weighted by atomic mass is 16.3. The van der Waals surface area contributed by atoms with E-state index in [0.29, 0.717) is 6.54 Å². The van der Waals surface area contributed by atoms with E-state index in [-0.39, 0.29) is 17.9 Å². The smallest absolute Gasteiger partial charge is 0.233 e. The second-order valence-electron chi connectivity index (χ2n) is 6.07. The lowest BCUT2D eigenvalue weighted by Crippen LogP contribution is -2.43. The Kier molecular flexibility index (Phi) is 5.01. The monoisotopic (exact) mass is 254 g/mol. The standard InChI is InChI=1S/C14H26N2O2/c17-11-14(6-2-1-3-7-14)10-15-9-13(18)16-8-12-4-5-12/h12,15,17H,1-11H2,(H,16,18). The average Bonchev–Trinajstić information content (AvgIpc) is 3.21. The maximum absolute atomic E-state index is 11.6. The van der Waals surface area contributed by atoms with Gasteiger partial charge >= 0.3 is 0 Å². The Balaban J connectivity index is 1.61. The molecule has 2 aliphatic carbocycles. The van der Waals surface area contributed by atoms with Gasteiger partial charge in [0.05, 0.1) is 6.54 Å². The molecule has 2 aliphatic rings. The van der Waals surface area contributed by atoms with E-state index >= 15 is 0 Å². The molecule has 0 heterocycles. The molecule has 1 amide bonds. The third-order valence-electron chi connectivity index (χ3n) is 4.32. The van der Waals surface area contributed by atoms with Gasteiger partial charge < -0.3 is 15.7 Å². The Hall–Kier alpha value is -0.610. The van der Waals surface area contributed by atoms with Crippen LogP contribution < -0.4 is 10.6 Å². The molecular weight excluding hydrogens is 228 g/mol. The number of aliphatic hydroxyl groups is 1. The van der Waals surface area contributed by atoms with E-state index in [2.05, 4.69) is 10.6 Å². The Morgan fingerprint density at radius 3 is 2.56 bits per heavy atom. The zero-order valence-corrected chi connectivity index (χ0v) is 11.2. The summed E-state index contributed by atoms with van der Waals surface area (Å²) in [5, 5.41) is 15.7. The van der Waals surface area contributed by atoms with Gasteiger partial charge in [-0.3, -0.25) is 4.79 Å². The molecule has 3 N–H and O–H groups in total. The minimum absolute atomic E-state index is 0.0228. The molecule has 0 aliphatic heterocycles. The molecule has 0 atom stereocenters. The van der Waals surface area contributed by atoms with Crippen LogP contribution in [0, 0.1) is 11.3 Å². The first-order valence-electron chi connectivity index (χ1n) is 7.32. The molecule has 0 aromatic carbocycles. The highest BCUT2D eigenvalue weighted by Gasteiger charge is 2.31. The van der Waals surface area contributed by atoms with E-state index in [0.717, 1.165) is 31.8 Å². The number of hydrogen-bond acceptors (Lipinski definition) is 3. The van der Waals surface area contributed by atoms with Crippen molar-refractivity contribution < 1.29 is 9.90 Å². The summed E-state index contributed by atoms with van der Waals surface area (Å²) in [6.07, 6.45) is 8.39. The molecule has 0 bridgehead atoms. The maximum Gasteiger partial charge on any atom is 0.233 e. The summed E-state index contributed by atoms with van der Waals surface area (Å²) >= 11 is 0. The second kappa shape index (κ2) is 6.53. The van der Waals surface area contributed by atoms with E-state index in [1.165, 1.54) is 32.1 Å². The molecule has 2 rings (SSSR count). The number of amides is 1. The number of rotatable bonds is 7. The van der Waals surface area contributed by atoms with Crippen LogP contribution >= 0.6 is 0 Å². The molecule has 0 aromatic heterocycles. The van der Waals surface area contributed by atoms with Crippen molar-refractivity contribution in [3.8, 4) is 0 Å². The molecule has 2 saturated carbocycles. The van der Waals surface area contributed by atoms with Crippen LogP contribution in [0.15, 0.2) is 0 Å². The number of carbonyl (C=O) groups excluding carboxylic acids is 1. The van der Waals surface area contributed by atoms with Gasteiger partial charge in [-0.15, -0.1) is 0 Å². The minimum atomic E-state index is 0.0228. The van der Waals surface area contributed by atoms with Gasteiger partial charge in [0.1, 0.15) is 0 Å². The first-order chi connectivity index (χ1) is 8.74. The SMILES string of the molecule is O=C(CNCC1(CO)CCCCC1)NCC1CC1. The zero-order chi connectivity index (χ0) is 12.8. The van der Waals surface area contributed by atoms with Crippen LogP contribution in [0.1, 0.15) is 44.9 Å².